The van der Waals surface area contributed by atoms with Crippen LogP contribution in [0, 0.1) is 0 Å². The van der Waals surface area contributed by atoms with Gasteiger partial charge in [-0.1, -0.05) is 24.3 Å². The van der Waals surface area contributed by atoms with Gasteiger partial charge in [0.25, 0.3) is 0 Å². The van der Waals surface area contributed by atoms with Gasteiger partial charge < -0.3 is 4.90 Å². The van der Waals surface area contributed by atoms with Gasteiger partial charge in [0.05, 0.1) is 11.9 Å². The molecule has 0 unspecified atom stereocenters. The minimum Gasteiger partial charge on any atom is -0.311 e. The number of anilines is 2. The predicted molar refractivity (Wildman–Crippen MR) is 108 cm³/mol. The largest absolute Gasteiger partial charge is 0.311 e. The van der Waals surface area contributed by atoms with Crippen LogP contribution in [-0.2, 0) is 21.2 Å². The highest BCUT2D eigenvalue weighted by atomic mass is 32.2. The van der Waals surface area contributed by atoms with Crippen LogP contribution in [0.1, 0.15) is 12.0 Å². The van der Waals surface area contributed by atoms with Crippen molar-refractivity contribution in [3.63, 3.8) is 0 Å². The monoisotopic (exact) mass is 390 g/mol. The van der Waals surface area contributed by atoms with Gasteiger partial charge in [-0.25, -0.2) is 8.42 Å². The molecule has 0 atom stereocenters. The first-order valence-corrected chi connectivity index (χ1v) is 11.5. The Balaban J connectivity index is 1.90. The van der Waals surface area contributed by atoms with Crippen LogP contribution in [0.4, 0.5) is 11.4 Å². The van der Waals surface area contributed by atoms with Crippen molar-refractivity contribution >= 4 is 39.1 Å². The Kier molecular flexibility index (Phi) is 5.58. The lowest BCUT2D eigenvalue weighted by atomic mass is 10.0. The van der Waals surface area contributed by atoms with E-state index in [1.54, 1.807) is 23.1 Å². The molecule has 1 aliphatic heterocycles. The van der Waals surface area contributed by atoms with Crippen molar-refractivity contribution in [3.8, 4) is 0 Å². The van der Waals surface area contributed by atoms with Crippen molar-refractivity contribution in [1.82, 2.24) is 0 Å². The third kappa shape index (κ3) is 4.04. The highest BCUT2D eigenvalue weighted by Gasteiger charge is 2.27. The van der Waals surface area contributed by atoms with E-state index in [4.69, 9.17) is 0 Å². The van der Waals surface area contributed by atoms with Gasteiger partial charge in [0, 0.05) is 17.1 Å². The number of nitrogens with zero attached hydrogens (tertiary/aromatic N) is 2. The van der Waals surface area contributed by atoms with Gasteiger partial charge in [0.1, 0.15) is 6.54 Å². The first-order chi connectivity index (χ1) is 12.4. The van der Waals surface area contributed by atoms with Crippen molar-refractivity contribution in [2.75, 3.05) is 34.8 Å². The topological polar surface area (TPSA) is 57.7 Å². The van der Waals surface area contributed by atoms with E-state index >= 15 is 0 Å². The summed E-state index contributed by atoms with van der Waals surface area (Å²) in [6, 6.07) is 15.0. The van der Waals surface area contributed by atoms with Crippen LogP contribution in [0.3, 0.4) is 0 Å². The minimum atomic E-state index is -3.58. The molecule has 1 heterocycles. The first-order valence-electron chi connectivity index (χ1n) is 8.40. The number of rotatable bonds is 5. The van der Waals surface area contributed by atoms with Gasteiger partial charge in [-0.05, 0) is 48.9 Å². The molecule has 0 aliphatic carbocycles. The maximum absolute atomic E-state index is 13.0. The molecule has 1 amide bonds. The summed E-state index contributed by atoms with van der Waals surface area (Å²) in [4.78, 5) is 15.6. The van der Waals surface area contributed by atoms with Gasteiger partial charge in [0.2, 0.25) is 15.9 Å². The number of para-hydroxylation sites is 1. The van der Waals surface area contributed by atoms with Crippen molar-refractivity contribution < 1.29 is 13.2 Å². The maximum Gasteiger partial charge on any atom is 0.247 e. The molecule has 2 aromatic rings. The Labute approximate surface area is 159 Å². The Morgan fingerprint density at radius 1 is 1.19 bits per heavy atom. The zero-order chi connectivity index (χ0) is 18.7. The van der Waals surface area contributed by atoms with Crippen molar-refractivity contribution in [3.05, 3.63) is 54.1 Å². The van der Waals surface area contributed by atoms with Gasteiger partial charge >= 0.3 is 0 Å². The summed E-state index contributed by atoms with van der Waals surface area (Å²) >= 11 is 1.53. The summed E-state index contributed by atoms with van der Waals surface area (Å²) in [7, 11) is -3.58. The minimum absolute atomic E-state index is 0.203. The van der Waals surface area contributed by atoms with Crippen LogP contribution < -0.4 is 9.21 Å². The van der Waals surface area contributed by atoms with Crippen LogP contribution in [0.15, 0.2) is 53.4 Å². The molecule has 0 bridgehead atoms. The smallest absolute Gasteiger partial charge is 0.247 e. The van der Waals surface area contributed by atoms with E-state index in [9.17, 15) is 13.2 Å². The molecule has 0 N–H and O–H groups in total. The molecule has 0 aromatic heterocycles. The standard InChI is InChI=1S/C19H22N2O3S2/c1-25-17-10-5-9-16(13-17)21(26(2,23)24)14-19(22)20-12-6-8-15-7-3-4-11-18(15)20/h3-5,7,9-11,13H,6,8,12,14H2,1-2H3. The van der Waals surface area contributed by atoms with E-state index in [1.165, 1.54) is 16.1 Å². The predicted octanol–water partition coefficient (Wildman–Crippen LogP) is 3.15. The molecular formula is C19H22N2O3S2. The second-order valence-electron chi connectivity index (χ2n) is 6.25. The average Bonchev–Trinajstić information content (AvgIpc) is 2.64. The summed E-state index contributed by atoms with van der Waals surface area (Å²) in [5.41, 5.74) is 2.52. The zero-order valence-electron chi connectivity index (χ0n) is 14.9. The second-order valence-corrected chi connectivity index (χ2v) is 9.04. The van der Waals surface area contributed by atoms with Crippen LogP contribution in [-0.4, -0.2) is 39.9 Å². The summed E-state index contributed by atoms with van der Waals surface area (Å²) in [5, 5.41) is 0. The fraction of sp³-hybridized carbons (Fsp3) is 0.316. The molecule has 26 heavy (non-hydrogen) atoms. The number of hydrogen-bond donors (Lipinski definition) is 0. The molecule has 5 nitrogen and oxygen atoms in total. The first kappa shape index (κ1) is 18.8. The fourth-order valence-electron chi connectivity index (χ4n) is 3.17. The molecule has 0 radical (unpaired) electrons. The summed E-state index contributed by atoms with van der Waals surface area (Å²) < 4.78 is 25.9. The molecule has 0 saturated carbocycles. The Morgan fingerprint density at radius 2 is 1.96 bits per heavy atom. The van der Waals surface area contributed by atoms with Crippen molar-refractivity contribution in [2.45, 2.75) is 17.7 Å². The quantitative estimate of drug-likeness (QED) is 0.736. The van der Waals surface area contributed by atoms with Gasteiger partial charge in [-0.15, -0.1) is 11.8 Å². The molecule has 3 rings (SSSR count). The highest BCUT2D eigenvalue weighted by molar-refractivity contribution is 7.98. The van der Waals surface area contributed by atoms with Crippen LogP contribution in [0.2, 0.25) is 0 Å². The number of benzene rings is 2. The molecule has 0 saturated heterocycles. The molecule has 1 aliphatic rings. The Morgan fingerprint density at radius 3 is 2.69 bits per heavy atom. The van der Waals surface area contributed by atoms with E-state index in [1.807, 2.05) is 36.6 Å². The lowest BCUT2D eigenvalue weighted by Gasteiger charge is -2.31. The van der Waals surface area contributed by atoms with E-state index in [-0.39, 0.29) is 12.5 Å². The van der Waals surface area contributed by atoms with Gasteiger partial charge in [-0.2, -0.15) is 0 Å². The summed E-state index contributed by atoms with van der Waals surface area (Å²) in [5.74, 6) is -0.211. The van der Waals surface area contributed by atoms with Crippen LogP contribution in [0.5, 0.6) is 0 Å². The second kappa shape index (κ2) is 7.72. The van der Waals surface area contributed by atoms with Crippen LogP contribution in [0.25, 0.3) is 0 Å². The third-order valence-electron chi connectivity index (χ3n) is 4.43. The lowest BCUT2D eigenvalue weighted by molar-refractivity contribution is -0.117. The molecule has 2 aromatic carbocycles. The number of carbonyl (C=O) groups excluding carboxylic acids is 1. The van der Waals surface area contributed by atoms with Gasteiger partial charge in [-0.3, -0.25) is 9.10 Å². The van der Waals surface area contributed by atoms with E-state index in [2.05, 4.69) is 0 Å². The Bertz CT molecular complexity index is 913. The number of hydrogen-bond acceptors (Lipinski definition) is 4. The van der Waals surface area contributed by atoms with E-state index < -0.39 is 10.0 Å². The third-order valence-corrected chi connectivity index (χ3v) is 6.30. The van der Waals surface area contributed by atoms with E-state index in [0.29, 0.717) is 12.2 Å². The lowest BCUT2D eigenvalue weighted by Crippen LogP contribution is -2.44. The normalized spacial score (nSPS) is 14.0. The number of carbonyl (C=O) groups is 1. The molecular weight excluding hydrogens is 368 g/mol. The number of fused-ring (bicyclic) bond motifs is 1. The number of sulfonamides is 1. The van der Waals surface area contributed by atoms with Crippen molar-refractivity contribution in [2.24, 2.45) is 0 Å². The molecule has 7 heteroatoms. The summed E-state index contributed by atoms with van der Waals surface area (Å²) in [6.45, 7) is 0.406. The highest BCUT2D eigenvalue weighted by Crippen LogP contribution is 2.28. The fourth-order valence-corrected chi connectivity index (χ4v) is 4.46. The van der Waals surface area contributed by atoms with Crippen LogP contribution >= 0.6 is 11.8 Å². The number of amides is 1. The average molecular weight is 391 g/mol. The van der Waals surface area contributed by atoms with Gasteiger partial charge in [0.15, 0.2) is 0 Å². The zero-order valence-corrected chi connectivity index (χ0v) is 16.5. The van der Waals surface area contributed by atoms with Crippen molar-refractivity contribution in [1.29, 1.82) is 0 Å². The molecule has 0 fully saturated rings. The molecule has 138 valence electrons. The molecule has 0 spiro atoms. The summed E-state index contributed by atoms with van der Waals surface area (Å²) in [6.07, 6.45) is 4.88. The maximum atomic E-state index is 13.0. The Hall–Kier alpha value is -1.99. The number of aryl methyl sites for hydroxylation is 1. The van der Waals surface area contributed by atoms with E-state index in [0.717, 1.165) is 35.2 Å². The SMILES string of the molecule is CSc1cccc(N(CC(=O)N2CCCc3ccccc32)S(C)(=O)=O)c1. The number of thioether (sulfide) groups is 1.